The summed E-state index contributed by atoms with van der Waals surface area (Å²) in [5, 5.41) is 12.6. The molecule has 6 nitrogen and oxygen atoms in total. The predicted molar refractivity (Wildman–Crippen MR) is 66.6 cm³/mol. The number of pyridine rings is 1. The first kappa shape index (κ1) is 15.5. The van der Waals surface area contributed by atoms with Gasteiger partial charge in [-0.05, 0) is 12.1 Å². The number of nitrogens with one attached hydrogen (secondary N) is 1. The highest BCUT2D eigenvalue weighted by Gasteiger charge is 2.35. The maximum atomic E-state index is 12.6. The number of rotatable bonds is 4. The highest BCUT2D eigenvalue weighted by molar-refractivity contribution is 5.97. The van der Waals surface area contributed by atoms with Crippen LogP contribution < -0.4 is 11.1 Å². The first-order valence-electron chi connectivity index (χ1n) is 6.13. The van der Waals surface area contributed by atoms with Gasteiger partial charge < -0.3 is 20.9 Å². The van der Waals surface area contributed by atoms with Gasteiger partial charge in [0.2, 0.25) is 0 Å². The number of aliphatic hydroxyl groups is 1. The lowest BCUT2D eigenvalue weighted by atomic mass is 10.0. The van der Waals surface area contributed by atoms with Crippen molar-refractivity contribution in [1.82, 2.24) is 4.98 Å². The normalized spacial score (nSPS) is 22.3. The van der Waals surface area contributed by atoms with Gasteiger partial charge in [-0.1, -0.05) is 0 Å². The van der Waals surface area contributed by atoms with Crippen LogP contribution in [0, 0.1) is 0 Å². The molecule has 2 rings (SSSR count). The molecule has 1 aliphatic rings. The number of amides is 1. The first-order valence-corrected chi connectivity index (χ1v) is 6.13. The van der Waals surface area contributed by atoms with Crippen LogP contribution in [0.15, 0.2) is 12.1 Å². The molecule has 21 heavy (non-hydrogen) atoms. The molecule has 0 aromatic carbocycles. The molecule has 0 bridgehead atoms. The summed E-state index contributed by atoms with van der Waals surface area (Å²) in [5.74, 6) is -1.22. The molecular weight excluding hydrogens is 291 g/mol. The third-order valence-electron chi connectivity index (χ3n) is 3.12. The van der Waals surface area contributed by atoms with Crippen LogP contribution in [-0.2, 0) is 10.9 Å². The van der Waals surface area contributed by atoms with Crippen LogP contribution in [0.5, 0.6) is 0 Å². The van der Waals surface area contributed by atoms with Gasteiger partial charge in [0.15, 0.2) is 0 Å². The van der Waals surface area contributed by atoms with E-state index < -0.39 is 23.4 Å². The van der Waals surface area contributed by atoms with Crippen molar-refractivity contribution in [3.05, 3.63) is 23.4 Å². The number of primary amides is 1. The molecule has 1 aromatic heterocycles. The van der Waals surface area contributed by atoms with Crippen LogP contribution in [0.2, 0.25) is 0 Å². The van der Waals surface area contributed by atoms with Crippen molar-refractivity contribution in [2.45, 2.75) is 18.2 Å². The molecule has 0 aliphatic carbocycles. The second-order valence-electron chi connectivity index (χ2n) is 4.84. The van der Waals surface area contributed by atoms with E-state index in [-0.39, 0.29) is 24.5 Å². The van der Waals surface area contributed by atoms with E-state index in [1.165, 1.54) is 0 Å². The van der Waals surface area contributed by atoms with Gasteiger partial charge >= 0.3 is 6.18 Å². The molecule has 0 radical (unpaired) electrons. The Morgan fingerprint density at radius 1 is 1.52 bits per heavy atom. The summed E-state index contributed by atoms with van der Waals surface area (Å²) >= 11 is 0. The summed E-state index contributed by atoms with van der Waals surface area (Å²) in [7, 11) is 0. The Hall–Kier alpha value is -1.87. The maximum Gasteiger partial charge on any atom is 0.433 e. The molecule has 1 aromatic rings. The SMILES string of the molecule is NC(=O)c1ccc(C(F)(F)F)nc1NCC1(O)CCOC1. The minimum atomic E-state index is -4.64. The Balaban J connectivity index is 2.24. The van der Waals surface area contributed by atoms with Gasteiger partial charge in [0.05, 0.1) is 12.2 Å². The molecule has 2 heterocycles. The highest BCUT2D eigenvalue weighted by atomic mass is 19.4. The molecule has 1 aliphatic heterocycles. The first-order chi connectivity index (χ1) is 9.71. The zero-order valence-corrected chi connectivity index (χ0v) is 10.9. The van der Waals surface area contributed by atoms with Crippen LogP contribution in [0.4, 0.5) is 19.0 Å². The summed E-state index contributed by atoms with van der Waals surface area (Å²) in [6.45, 7) is 0.323. The predicted octanol–water partition coefficient (Wildman–Crippen LogP) is 0.763. The number of halogens is 3. The van der Waals surface area contributed by atoms with E-state index in [0.29, 0.717) is 19.1 Å². The van der Waals surface area contributed by atoms with Crippen molar-refractivity contribution in [1.29, 1.82) is 0 Å². The van der Waals surface area contributed by atoms with Crippen molar-refractivity contribution in [2.24, 2.45) is 5.73 Å². The van der Waals surface area contributed by atoms with Crippen LogP contribution in [0.25, 0.3) is 0 Å². The zero-order valence-electron chi connectivity index (χ0n) is 10.9. The topological polar surface area (TPSA) is 97.5 Å². The van der Waals surface area contributed by atoms with Crippen molar-refractivity contribution in [2.75, 3.05) is 25.1 Å². The molecule has 1 atom stereocenters. The van der Waals surface area contributed by atoms with E-state index in [0.717, 1.165) is 6.07 Å². The number of carbonyl (C=O) groups is 1. The quantitative estimate of drug-likeness (QED) is 0.763. The molecule has 0 spiro atoms. The highest BCUT2D eigenvalue weighted by Crippen LogP contribution is 2.29. The largest absolute Gasteiger partial charge is 0.433 e. The average Bonchev–Trinajstić information content (AvgIpc) is 2.82. The van der Waals surface area contributed by atoms with Crippen molar-refractivity contribution in [3.8, 4) is 0 Å². The molecule has 116 valence electrons. The lowest BCUT2D eigenvalue weighted by Gasteiger charge is -2.22. The number of anilines is 1. The summed E-state index contributed by atoms with van der Waals surface area (Å²) in [6.07, 6.45) is -4.30. The monoisotopic (exact) mass is 305 g/mol. The second-order valence-corrected chi connectivity index (χ2v) is 4.84. The Morgan fingerprint density at radius 2 is 2.24 bits per heavy atom. The van der Waals surface area contributed by atoms with Gasteiger partial charge in [0.25, 0.3) is 5.91 Å². The minimum absolute atomic E-state index is 0.0604. The van der Waals surface area contributed by atoms with Crippen LogP contribution in [0.1, 0.15) is 22.5 Å². The molecule has 4 N–H and O–H groups in total. The van der Waals surface area contributed by atoms with E-state index in [9.17, 15) is 23.1 Å². The lowest BCUT2D eigenvalue weighted by molar-refractivity contribution is -0.141. The van der Waals surface area contributed by atoms with Crippen molar-refractivity contribution >= 4 is 11.7 Å². The van der Waals surface area contributed by atoms with Gasteiger partial charge in [-0.15, -0.1) is 0 Å². The van der Waals surface area contributed by atoms with Crippen LogP contribution in [0.3, 0.4) is 0 Å². The average molecular weight is 305 g/mol. The van der Waals surface area contributed by atoms with Gasteiger partial charge in [-0.3, -0.25) is 4.79 Å². The number of hydrogen-bond donors (Lipinski definition) is 3. The van der Waals surface area contributed by atoms with Crippen LogP contribution in [-0.4, -0.2) is 41.4 Å². The van der Waals surface area contributed by atoms with Gasteiger partial charge in [-0.25, -0.2) is 4.98 Å². The number of ether oxygens (including phenoxy) is 1. The molecule has 1 fully saturated rings. The summed E-state index contributed by atoms with van der Waals surface area (Å²) in [4.78, 5) is 14.6. The third kappa shape index (κ3) is 3.61. The maximum absolute atomic E-state index is 12.6. The smallest absolute Gasteiger partial charge is 0.386 e. The number of nitrogens with zero attached hydrogens (tertiary/aromatic N) is 1. The molecular formula is C12H14F3N3O3. The number of alkyl halides is 3. The molecule has 1 unspecified atom stereocenters. The van der Waals surface area contributed by atoms with Crippen molar-refractivity contribution in [3.63, 3.8) is 0 Å². The fourth-order valence-corrected chi connectivity index (χ4v) is 1.93. The van der Waals surface area contributed by atoms with E-state index in [1.807, 2.05) is 0 Å². The molecule has 0 saturated carbocycles. The van der Waals surface area contributed by atoms with E-state index in [2.05, 4.69) is 10.3 Å². The van der Waals surface area contributed by atoms with E-state index >= 15 is 0 Å². The van der Waals surface area contributed by atoms with E-state index in [1.54, 1.807) is 0 Å². The molecule has 1 amide bonds. The van der Waals surface area contributed by atoms with Crippen LogP contribution >= 0.6 is 0 Å². The number of hydrogen-bond acceptors (Lipinski definition) is 5. The Labute approximate surface area is 118 Å². The second kappa shape index (κ2) is 5.49. The lowest BCUT2D eigenvalue weighted by Crippen LogP contribution is -2.38. The fourth-order valence-electron chi connectivity index (χ4n) is 1.93. The van der Waals surface area contributed by atoms with Gasteiger partial charge in [0, 0.05) is 19.6 Å². The summed E-state index contributed by atoms with van der Waals surface area (Å²) in [6, 6.07) is 1.63. The number of carbonyl (C=O) groups excluding carboxylic acids is 1. The third-order valence-corrected chi connectivity index (χ3v) is 3.12. The van der Waals surface area contributed by atoms with Gasteiger partial charge in [0.1, 0.15) is 17.1 Å². The van der Waals surface area contributed by atoms with Crippen molar-refractivity contribution < 1.29 is 27.8 Å². The minimum Gasteiger partial charge on any atom is -0.386 e. The number of aromatic nitrogens is 1. The summed E-state index contributed by atoms with van der Waals surface area (Å²) < 4.78 is 42.9. The standard InChI is InChI=1S/C12H14F3N3O3/c13-12(14,15)8-2-1-7(9(16)19)10(18-8)17-5-11(20)3-4-21-6-11/h1-2,20H,3-6H2,(H2,16,19)(H,17,18). The molecule has 9 heteroatoms. The van der Waals surface area contributed by atoms with Gasteiger partial charge in [-0.2, -0.15) is 13.2 Å². The zero-order chi connectivity index (χ0) is 15.7. The Kier molecular flexibility index (Phi) is 4.06. The Morgan fingerprint density at radius 3 is 2.76 bits per heavy atom. The van der Waals surface area contributed by atoms with E-state index in [4.69, 9.17) is 10.5 Å². The molecule has 1 saturated heterocycles. The Bertz CT molecular complexity index is 542. The fraction of sp³-hybridized carbons (Fsp3) is 0.500. The number of nitrogens with two attached hydrogens (primary N) is 1. The summed E-state index contributed by atoms with van der Waals surface area (Å²) in [5.41, 5.74) is 2.58.